The fourth-order valence-corrected chi connectivity index (χ4v) is 2.93. The Morgan fingerprint density at radius 3 is 2.33 bits per heavy atom. The van der Waals surface area contributed by atoms with Crippen LogP contribution in [0.1, 0.15) is 17.9 Å². The van der Waals surface area contributed by atoms with Crippen molar-refractivity contribution >= 4 is 5.97 Å². The predicted octanol–water partition coefficient (Wildman–Crippen LogP) is 3.56. The molecule has 3 rings (SSSR count). The molecule has 3 nitrogen and oxygen atoms in total. The van der Waals surface area contributed by atoms with Gasteiger partial charge in [-0.15, -0.1) is 0 Å². The number of rotatable bonds is 3. The molecular formula is C18H18O3. The minimum absolute atomic E-state index is 0.0427. The van der Waals surface area contributed by atoms with Crippen LogP contribution in [-0.4, -0.2) is 24.3 Å². The highest BCUT2D eigenvalue weighted by Crippen LogP contribution is 2.33. The van der Waals surface area contributed by atoms with Crippen molar-refractivity contribution in [2.24, 2.45) is 5.92 Å². The van der Waals surface area contributed by atoms with Gasteiger partial charge in [0.05, 0.1) is 12.5 Å². The Kier molecular flexibility index (Phi) is 4.02. The minimum Gasteiger partial charge on any atom is -0.481 e. The number of hydrogen-bond acceptors (Lipinski definition) is 2. The fourth-order valence-electron chi connectivity index (χ4n) is 2.93. The number of aliphatic carboxylic acids is 1. The van der Waals surface area contributed by atoms with Gasteiger partial charge in [0, 0.05) is 12.5 Å². The summed E-state index contributed by atoms with van der Waals surface area (Å²) in [5, 5.41) is 9.32. The molecule has 1 heterocycles. The molecule has 0 amide bonds. The zero-order chi connectivity index (χ0) is 14.7. The van der Waals surface area contributed by atoms with E-state index in [1.165, 1.54) is 5.56 Å². The third kappa shape index (κ3) is 2.98. The van der Waals surface area contributed by atoms with E-state index in [-0.39, 0.29) is 5.92 Å². The summed E-state index contributed by atoms with van der Waals surface area (Å²) in [6, 6.07) is 18.4. The molecule has 2 unspecified atom stereocenters. The van der Waals surface area contributed by atoms with Gasteiger partial charge < -0.3 is 9.84 Å². The van der Waals surface area contributed by atoms with E-state index in [1.54, 1.807) is 0 Å². The molecule has 2 aromatic carbocycles. The first-order valence-electron chi connectivity index (χ1n) is 7.21. The summed E-state index contributed by atoms with van der Waals surface area (Å²) in [4.78, 5) is 11.3. The third-order valence-electron chi connectivity index (χ3n) is 4.12. The summed E-state index contributed by atoms with van der Waals surface area (Å²) in [6.07, 6.45) is 0.766. The molecule has 0 saturated carbocycles. The standard InChI is InChI=1S/C18H18O3/c19-18(20)17-12-21-11-10-16(17)15-8-6-14(7-9-15)13-4-2-1-3-5-13/h1-9,16-17H,10-12H2,(H,19,20). The van der Waals surface area contributed by atoms with Crippen molar-refractivity contribution in [1.29, 1.82) is 0 Å². The highest BCUT2D eigenvalue weighted by molar-refractivity contribution is 5.72. The molecule has 0 bridgehead atoms. The summed E-state index contributed by atoms with van der Waals surface area (Å²) >= 11 is 0. The second-order valence-corrected chi connectivity index (χ2v) is 5.40. The zero-order valence-corrected chi connectivity index (χ0v) is 11.7. The van der Waals surface area contributed by atoms with Gasteiger partial charge in [-0.25, -0.2) is 0 Å². The average Bonchev–Trinajstić information content (AvgIpc) is 2.56. The number of carboxylic acid groups (broad SMARTS) is 1. The van der Waals surface area contributed by atoms with Crippen LogP contribution in [0.5, 0.6) is 0 Å². The molecule has 1 aliphatic heterocycles. The van der Waals surface area contributed by atoms with Crippen LogP contribution in [0.4, 0.5) is 0 Å². The number of hydrogen-bond donors (Lipinski definition) is 1. The maximum atomic E-state index is 11.3. The van der Waals surface area contributed by atoms with Gasteiger partial charge in [0.2, 0.25) is 0 Å². The van der Waals surface area contributed by atoms with E-state index < -0.39 is 11.9 Å². The maximum absolute atomic E-state index is 11.3. The van der Waals surface area contributed by atoms with E-state index in [0.29, 0.717) is 13.2 Å². The molecule has 2 atom stereocenters. The largest absolute Gasteiger partial charge is 0.481 e. The summed E-state index contributed by atoms with van der Waals surface area (Å²) in [5.74, 6) is -1.17. The Bertz CT molecular complexity index is 604. The average molecular weight is 282 g/mol. The van der Waals surface area contributed by atoms with Crippen molar-refractivity contribution in [3.05, 3.63) is 60.2 Å². The maximum Gasteiger partial charge on any atom is 0.309 e. The Balaban J connectivity index is 1.85. The number of carbonyl (C=O) groups is 1. The lowest BCUT2D eigenvalue weighted by Gasteiger charge is -2.29. The summed E-state index contributed by atoms with van der Waals surface area (Å²) in [7, 11) is 0. The van der Waals surface area contributed by atoms with Crippen LogP contribution in [0.25, 0.3) is 11.1 Å². The highest BCUT2D eigenvalue weighted by Gasteiger charge is 2.32. The number of benzene rings is 2. The Hall–Kier alpha value is -2.13. The molecule has 0 radical (unpaired) electrons. The van der Waals surface area contributed by atoms with Crippen molar-refractivity contribution in [2.75, 3.05) is 13.2 Å². The second-order valence-electron chi connectivity index (χ2n) is 5.40. The van der Waals surface area contributed by atoms with Gasteiger partial charge in [-0.1, -0.05) is 54.6 Å². The second kappa shape index (κ2) is 6.10. The van der Waals surface area contributed by atoms with Crippen LogP contribution in [0.2, 0.25) is 0 Å². The Morgan fingerprint density at radius 1 is 1.00 bits per heavy atom. The quantitative estimate of drug-likeness (QED) is 0.936. The molecule has 1 N–H and O–H groups in total. The monoisotopic (exact) mass is 282 g/mol. The molecule has 108 valence electrons. The lowest BCUT2D eigenvalue weighted by atomic mass is 9.82. The van der Waals surface area contributed by atoms with Crippen molar-refractivity contribution in [2.45, 2.75) is 12.3 Å². The van der Waals surface area contributed by atoms with E-state index in [2.05, 4.69) is 24.3 Å². The summed E-state index contributed by atoms with van der Waals surface area (Å²) < 4.78 is 5.31. The normalized spacial score (nSPS) is 21.9. The molecule has 1 aliphatic rings. The smallest absolute Gasteiger partial charge is 0.309 e. The first kappa shape index (κ1) is 13.8. The van der Waals surface area contributed by atoms with Crippen molar-refractivity contribution in [3.8, 4) is 11.1 Å². The predicted molar refractivity (Wildman–Crippen MR) is 81.2 cm³/mol. The molecule has 2 aromatic rings. The SMILES string of the molecule is O=C(O)C1COCCC1c1ccc(-c2ccccc2)cc1. The van der Waals surface area contributed by atoms with Gasteiger partial charge in [0.15, 0.2) is 0 Å². The zero-order valence-electron chi connectivity index (χ0n) is 11.7. The Labute approximate surface area is 124 Å². The minimum atomic E-state index is -0.771. The molecule has 1 fully saturated rings. The van der Waals surface area contributed by atoms with Gasteiger partial charge in [-0.2, -0.15) is 0 Å². The van der Waals surface area contributed by atoms with E-state index in [0.717, 1.165) is 17.5 Å². The van der Waals surface area contributed by atoms with Crippen molar-refractivity contribution < 1.29 is 14.6 Å². The van der Waals surface area contributed by atoms with Crippen LogP contribution < -0.4 is 0 Å². The summed E-state index contributed by atoms with van der Waals surface area (Å²) in [5.41, 5.74) is 3.41. The van der Waals surface area contributed by atoms with Crippen LogP contribution in [-0.2, 0) is 9.53 Å². The molecule has 0 aromatic heterocycles. The fraction of sp³-hybridized carbons (Fsp3) is 0.278. The molecular weight excluding hydrogens is 264 g/mol. The number of carboxylic acids is 1. The van der Waals surface area contributed by atoms with Crippen LogP contribution in [0, 0.1) is 5.92 Å². The van der Waals surface area contributed by atoms with Crippen molar-refractivity contribution in [3.63, 3.8) is 0 Å². The van der Waals surface area contributed by atoms with Gasteiger partial charge in [-0.05, 0) is 23.1 Å². The lowest BCUT2D eigenvalue weighted by Crippen LogP contribution is -2.32. The molecule has 3 heteroatoms. The third-order valence-corrected chi connectivity index (χ3v) is 4.12. The van der Waals surface area contributed by atoms with E-state index in [1.807, 2.05) is 30.3 Å². The van der Waals surface area contributed by atoms with Crippen LogP contribution in [0.3, 0.4) is 0 Å². The Morgan fingerprint density at radius 2 is 1.67 bits per heavy atom. The van der Waals surface area contributed by atoms with Gasteiger partial charge >= 0.3 is 5.97 Å². The first-order valence-corrected chi connectivity index (χ1v) is 7.21. The number of ether oxygens (including phenoxy) is 1. The molecule has 1 saturated heterocycles. The van der Waals surface area contributed by atoms with E-state index in [4.69, 9.17) is 4.74 Å². The molecule has 21 heavy (non-hydrogen) atoms. The van der Waals surface area contributed by atoms with Crippen LogP contribution >= 0.6 is 0 Å². The van der Waals surface area contributed by atoms with Gasteiger partial charge in [0.1, 0.15) is 0 Å². The van der Waals surface area contributed by atoms with Crippen molar-refractivity contribution in [1.82, 2.24) is 0 Å². The first-order chi connectivity index (χ1) is 10.3. The topological polar surface area (TPSA) is 46.5 Å². The lowest BCUT2D eigenvalue weighted by molar-refractivity contribution is -0.147. The van der Waals surface area contributed by atoms with Gasteiger partial charge in [0.25, 0.3) is 0 Å². The van der Waals surface area contributed by atoms with E-state index >= 15 is 0 Å². The summed E-state index contributed by atoms with van der Waals surface area (Å²) in [6.45, 7) is 0.940. The van der Waals surface area contributed by atoms with Gasteiger partial charge in [-0.3, -0.25) is 4.79 Å². The van der Waals surface area contributed by atoms with Crippen LogP contribution in [0.15, 0.2) is 54.6 Å². The van der Waals surface area contributed by atoms with E-state index in [9.17, 15) is 9.90 Å². The molecule has 0 spiro atoms. The molecule has 0 aliphatic carbocycles. The highest BCUT2D eigenvalue weighted by atomic mass is 16.5.